The Morgan fingerprint density at radius 1 is 1.32 bits per heavy atom. The molecule has 0 radical (unpaired) electrons. The van der Waals surface area contributed by atoms with Crippen molar-refractivity contribution in [1.29, 1.82) is 0 Å². The molecule has 13 heteroatoms. The monoisotopic (exact) mass is 550 g/mol. The molecule has 3 heterocycles. The van der Waals surface area contributed by atoms with Gasteiger partial charge in [-0.15, -0.1) is 0 Å². The minimum Gasteiger partial charge on any atom is -0.495 e. The van der Waals surface area contributed by atoms with Gasteiger partial charge >= 0.3 is 5.51 Å². The number of hydrogen-bond acceptors (Lipinski definition) is 7. The summed E-state index contributed by atoms with van der Waals surface area (Å²) in [5.41, 5.74) is -3.42. The molecule has 202 valence electrons. The summed E-state index contributed by atoms with van der Waals surface area (Å²) < 4.78 is 61.2. The molecular weight excluding hydrogens is 524 g/mol. The third-order valence-corrected chi connectivity index (χ3v) is 6.67. The van der Waals surface area contributed by atoms with Gasteiger partial charge in [-0.3, -0.25) is 4.79 Å². The van der Waals surface area contributed by atoms with Crippen LogP contribution >= 0.6 is 11.8 Å². The molecule has 1 amide bonds. The number of thioether (sulfide) groups is 1. The number of anilines is 2. The predicted octanol–water partition coefficient (Wildman–Crippen LogP) is 3.89. The van der Waals surface area contributed by atoms with E-state index in [0.717, 1.165) is 0 Å². The van der Waals surface area contributed by atoms with Gasteiger partial charge in [0, 0.05) is 19.2 Å². The highest BCUT2D eigenvalue weighted by Gasteiger charge is 2.33. The Hall–Kier alpha value is -3.63. The SMILES string of the molecule is CNC(=O)c1ccc(NCC#Cc2nn3c(NC4CCNCC4F)cccc3c2SC(F)(F)F)c(OC)c1. The first-order valence-electron chi connectivity index (χ1n) is 11.7. The Morgan fingerprint density at radius 2 is 2.13 bits per heavy atom. The van der Waals surface area contributed by atoms with Crippen molar-refractivity contribution in [3.05, 3.63) is 47.7 Å². The van der Waals surface area contributed by atoms with Gasteiger partial charge in [0.1, 0.15) is 23.4 Å². The molecule has 2 unspecified atom stereocenters. The van der Waals surface area contributed by atoms with Gasteiger partial charge in [0.05, 0.1) is 35.8 Å². The first-order valence-corrected chi connectivity index (χ1v) is 12.5. The molecule has 4 N–H and O–H groups in total. The van der Waals surface area contributed by atoms with E-state index in [1.807, 2.05) is 0 Å². The molecule has 4 rings (SSSR count). The van der Waals surface area contributed by atoms with E-state index in [2.05, 4.69) is 38.2 Å². The molecular formula is C25H26F4N6O2S. The molecule has 0 aliphatic carbocycles. The van der Waals surface area contributed by atoms with Gasteiger partial charge in [0.2, 0.25) is 0 Å². The van der Waals surface area contributed by atoms with E-state index < -0.39 is 17.7 Å². The van der Waals surface area contributed by atoms with Gasteiger partial charge in [-0.2, -0.15) is 18.3 Å². The van der Waals surface area contributed by atoms with Crippen LogP contribution in [0, 0.1) is 11.8 Å². The van der Waals surface area contributed by atoms with Gasteiger partial charge in [-0.25, -0.2) is 8.91 Å². The lowest BCUT2D eigenvalue weighted by Crippen LogP contribution is -2.45. The summed E-state index contributed by atoms with van der Waals surface area (Å²) in [5, 5.41) is 16.0. The number of benzene rings is 1. The van der Waals surface area contributed by atoms with E-state index in [1.54, 1.807) is 30.3 Å². The van der Waals surface area contributed by atoms with Crippen molar-refractivity contribution in [2.75, 3.05) is 44.4 Å². The van der Waals surface area contributed by atoms with Gasteiger partial charge in [-0.05, 0) is 61.0 Å². The van der Waals surface area contributed by atoms with E-state index in [-0.39, 0.29) is 46.9 Å². The quantitative estimate of drug-likeness (QED) is 0.202. The summed E-state index contributed by atoms with van der Waals surface area (Å²) in [6.07, 6.45) is -0.624. The molecule has 1 fully saturated rings. The second-order valence-electron chi connectivity index (χ2n) is 8.34. The Labute approximate surface area is 220 Å². The highest BCUT2D eigenvalue weighted by molar-refractivity contribution is 8.00. The van der Waals surface area contributed by atoms with E-state index >= 15 is 0 Å². The number of hydrogen-bond donors (Lipinski definition) is 4. The molecule has 1 saturated heterocycles. The highest BCUT2D eigenvalue weighted by atomic mass is 32.2. The summed E-state index contributed by atoms with van der Waals surface area (Å²) >= 11 is -0.290. The molecule has 1 aromatic carbocycles. The number of ether oxygens (including phenoxy) is 1. The molecule has 2 aromatic heterocycles. The van der Waals surface area contributed by atoms with E-state index in [1.165, 1.54) is 24.7 Å². The first-order chi connectivity index (χ1) is 18.2. The zero-order chi connectivity index (χ0) is 27.3. The van der Waals surface area contributed by atoms with Crippen molar-refractivity contribution in [3.63, 3.8) is 0 Å². The average Bonchev–Trinajstić information content (AvgIpc) is 3.24. The Balaban J connectivity index is 1.60. The van der Waals surface area contributed by atoms with Crippen molar-refractivity contribution in [1.82, 2.24) is 20.2 Å². The van der Waals surface area contributed by atoms with Crippen molar-refractivity contribution in [3.8, 4) is 17.6 Å². The van der Waals surface area contributed by atoms with Crippen LogP contribution in [-0.2, 0) is 0 Å². The minimum atomic E-state index is -4.55. The Kier molecular flexibility index (Phi) is 8.53. The van der Waals surface area contributed by atoms with Gasteiger partial charge in [0.15, 0.2) is 0 Å². The number of halogens is 4. The summed E-state index contributed by atoms with van der Waals surface area (Å²) in [7, 11) is 2.98. The predicted molar refractivity (Wildman–Crippen MR) is 139 cm³/mol. The lowest BCUT2D eigenvalue weighted by molar-refractivity contribution is -0.0327. The Morgan fingerprint density at radius 3 is 2.84 bits per heavy atom. The number of carbonyl (C=O) groups is 1. The molecule has 8 nitrogen and oxygen atoms in total. The van der Waals surface area contributed by atoms with E-state index in [9.17, 15) is 22.4 Å². The number of piperidine rings is 1. The number of alkyl halides is 4. The number of amides is 1. The average molecular weight is 551 g/mol. The number of fused-ring (bicyclic) bond motifs is 1. The minimum absolute atomic E-state index is 0.0487. The largest absolute Gasteiger partial charge is 0.495 e. The molecule has 1 aliphatic rings. The highest BCUT2D eigenvalue weighted by Crippen LogP contribution is 2.41. The van der Waals surface area contributed by atoms with Crippen molar-refractivity contribution >= 4 is 34.7 Å². The zero-order valence-corrected chi connectivity index (χ0v) is 21.4. The van der Waals surface area contributed by atoms with Crippen molar-refractivity contribution in [2.24, 2.45) is 0 Å². The summed E-state index contributed by atoms with van der Waals surface area (Å²) in [6.45, 7) is 0.903. The maximum Gasteiger partial charge on any atom is 0.446 e. The molecule has 38 heavy (non-hydrogen) atoms. The van der Waals surface area contributed by atoms with E-state index in [0.29, 0.717) is 35.8 Å². The standard InChI is InChI=1S/C25H26F4N6O2S/c1-30-24(36)15-8-9-18(21(13-15)37-2)32-11-4-5-19-23(38-25(27,28)29)20-6-3-7-22(35(20)34-19)33-17-10-12-31-14-16(17)26/h3,6-9,13,16-17,31-33H,10-12,14H2,1-2H3,(H,30,36). The number of methoxy groups -OCH3 is 1. The second kappa shape index (κ2) is 11.8. The molecule has 2 atom stereocenters. The van der Waals surface area contributed by atoms with Crippen LogP contribution in [0.25, 0.3) is 5.52 Å². The molecule has 0 spiro atoms. The molecule has 0 bridgehead atoms. The zero-order valence-electron chi connectivity index (χ0n) is 20.6. The normalized spacial score (nSPS) is 17.4. The van der Waals surface area contributed by atoms with Crippen molar-refractivity contribution in [2.45, 2.75) is 29.0 Å². The van der Waals surface area contributed by atoms with Crippen LogP contribution in [0.2, 0.25) is 0 Å². The third kappa shape index (κ3) is 6.43. The fourth-order valence-corrected chi connectivity index (χ4v) is 4.70. The lowest BCUT2D eigenvalue weighted by atomic mass is 10.1. The lowest BCUT2D eigenvalue weighted by Gasteiger charge is -2.28. The smallest absolute Gasteiger partial charge is 0.446 e. The summed E-state index contributed by atoms with van der Waals surface area (Å²) in [6, 6.07) is 9.09. The van der Waals surface area contributed by atoms with Crippen molar-refractivity contribution < 1.29 is 27.1 Å². The number of nitrogens with zero attached hydrogens (tertiary/aromatic N) is 2. The molecule has 3 aromatic rings. The number of nitrogens with one attached hydrogen (secondary N) is 4. The van der Waals surface area contributed by atoms with Gasteiger partial charge in [-0.1, -0.05) is 12.0 Å². The topological polar surface area (TPSA) is 91.7 Å². The van der Waals surface area contributed by atoms with Crippen LogP contribution in [0.5, 0.6) is 5.75 Å². The van der Waals surface area contributed by atoms with Crippen LogP contribution in [0.3, 0.4) is 0 Å². The fourth-order valence-electron chi connectivity index (χ4n) is 4.02. The molecule has 1 aliphatic heterocycles. The summed E-state index contributed by atoms with van der Waals surface area (Å²) in [5.74, 6) is 6.06. The third-order valence-electron chi connectivity index (χ3n) is 5.84. The number of aromatic nitrogens is 2. The maximum atomic E-state index is 14.4. The van der Waals surface area contributed by atoms with Crippen LogP contribution in [0.15, 0.2) is 41.3 Å². The van der Waals surface area contributed by atoms with Gasteiger partial charge < -0.3 is 26.0 Å². The van der Waals surface area contributed by atoms with Crippen LogP contribution < -0.4 is 26.0 Å². The number of pyridine rings is 1. The molecule has 0 saturated carbocycles. The first kappa shape index (κ1) is 27.4. The summed E-state index contributed by atoms with van der Waals surface area (Å²) in [4.78, 5) is 11.7. The number of rotatable bonds is 7. The maximum absolute atomic E-state index is 14.4. The van der Waals surface area contributed by atoms with Crippen LogP contribution in [0.1, 0.15) is 22.5 Å². The number of carbonyl (C=O) groups excluding carboxylic acids is 1. The van der Waals surface area contributed by atoms with Gasteiger partial charge in [0.25, 0.3) is 5.91 Å². The van der Waals surface area contributed by atoms with E-state index in [4.69, 9.17) is 4.74 Å². The second-order valence-corrected chi connectivity index (χ2v) is 9.42. The van der Waals surface area contributed by atoms with Crippen LogP contribution in [-0.4, -0.2) is 67.0 Å². The Bertz CT molecular complexity index is 1370. The fraction of sp³-hybridized carbons (Fsp3) is 0.360. The van der Waals surface area contributed by atoms with Crippen LogP contribution in [0.4, 0.5) is 29.1 Å².